The van der Waals surface area contributed by atoms with E-state index < -0.39 is 0 Å². The minimum absolute atomic E-state index is 0.737. The monoisotopic (exact) mass is 203 g/mol. The molecule has 0 aliphatic rings. The van der Waals surface area contributed by atoms with E-state index in [1.807, 2.05) is 18.2 Å². The molecule has 2 aromatic rings. The van der Waals surface area contributed by atoms with Crippen LogP contribution in [0.1, 0.15) is 0 Å². The molecule has 1 N–H and O–H groups in total. The maximum atomic E-state index is 5.16. The number of nitrogens with zero attached hydrogens (tertiary/aromatic N) is 1. The number of aromatic nitrogens is 2. The number of aromatic amines is 1. The summed E-state index contributed by atoms with van der Waals surface area (Å²) in [5.74, 6) is 2.22. The number of rotatable bonds is 3. The van der Waals surface area contributed by atoms with Crippen molar-refractivity contribution in [1.29, 1.82) is 0 Å². The molecular weight excluding hydrogens is 192 g/mol. The molecule has 0 bridgehead atoms. The maximum absolute atomic E-state index is 5.16. The molecule has 0 amide bonds. The van der Waals surface area contributed by atoms with Crippen LogP contribution in [-0.2, 0) is 0 Å². The summed E-state index contributed by atoms with van der Waals surface area (Å²) in [5.41, 5.74) is 0.910. The predicted molar refractivity (Wildman–Crippen MR) is 56.0 cm³/mol. The van der Waals surface area contributed by atoms with Crippen LogP contribution in [0.4, 0.5) is 0 Å². The summed E-state index contributed by atoms with van der Waals surface area (Å²) in [6, 6.07) is 5.58. The van der Waals surface area contributed by atoms with Crippen molar-refractivity contribution < 1.29 is 9.47 Å². The zero-order valence-electron chi connectivity index (χ0n) is 8.57. The van der Waals surface area contributed by atoms with Crippen molar-refractivity contribution in [2.24, 2.45) is 0 Å². The molecular formula is C11H11N2O2. The molecule has 1 aromatic heterocycles. The Morgan fingerprint density at radius 2 is 1.80 bits per heavy atom. The van der Waals surface area contributed by atoms with Gasteiger partial charge in [-0.25, -0.2) is 4.98 Å². The van der Waals surface area contributed by atoms with Crippen LogP contribution in [0, 0.1) is 6.20 Å². The van der Waals surface area contributed by atoms with Crippen molar-refractivity contribution >= 4 is 0 Å². The third-order valence-electron chi connectivity index (χ3n) is 2.07. The molecule has 4 heteroatoms. The number of nitrogens with one attached hydrogen (secondary N) is 1. The Bertz CT molecular complexity index is 416. The lowest BCUT2D eigenvalue weighted by atomic mass is 10.2. The van der Waals surface area contributed by atoms with Crippen molar-refractivity contribution in [3.63, 3.8) is 0 Å². The first-order valence-corrected chi connectivity index (χ1v) is 4.48. The Balaban J connectivity index is 2.47. The number of imidazole rings is 1. The highest BCUT2D eigenvalue weighted by Crippen LogP contribution is 2.27. The van der Waals surface area contributed by atoms with Gasteiger partial charge < -0.3 is 14.5 Å². The minimum Gasteiger partial charge on any atom is -0.497 e. The number of methoxy groups -OCH3 is 2. The fraction of sp³-hybridized carbons (Fsp3) is 0.182. The molecule has 0 atom stereocenters. The van der Waals surface area contributed by atoms with Crippen molar-refractivity contribution in [2.75, 3.05) is 14.2 Å². The van der Waals surface area contributed by atoms with Crippen molar-refractivity contribution in [1.82, 2.24) is 9.97 Å². The second-order valence-electron chi connectivity index (χ2n) is 2.98. The molecule has 1 aromatic carbocycles. The first-order valence-electron chi connectivity index (χ1n) is 4.48. The SMILES string of the molecule is COc1cc(OC)cc(-c2n[c]c[nH]2)c1. The van der Waals surface area contributed by atoms with E-state index in [2.05, 4.69) is 16.2 Å². The molecule has 2 rings (SSSR count). The zero-order chi connectivity index (χ0) is 10.7. The molecule has 0 aliphatic heterocycles. The van der Waals surface area contributed by atoms with Crippen LogP contribution in [0.25, 0.3) is 11.4 Å². The summed E-state index contributed by atoms with van der Waals surface area (Å²) in [7, 11) is 3.24. The summed E-state index contributed by atoms with van der Waals surface area (Å²) >= 11 is 0. The van der Waals surface area contributed by atoms with Gasteiger partial charge in [-0.2, -0.15) is 0 Å². The van der Waals surface area contributed by atoms with E-state index >= 15 is 0 Å². The van der Waals surface area contributed by atoms with Gasteiger partial charge in [0.25, 0.3) is 0 Å². The van der Waals surface area contributed by atoms with E-state index in [4.69, 9.17) is 9.47 Å². The Labute approximate surface area is 87.9 Å². The number of H-pyrrole nitrogens is 1. The minimum atomic E-state index is 0.737. The van der Waals surface area contributed by atoms with E-state index in [9.17, 15) is 0 Å². The average molecular weight is 203 g/mol. The summed E-state index contributed by atoms with van der Waals surface area (Å²) in [6.07, 6.45) is 4.37. The maximum Gasteiger partial charge on any atom is 0.138 e. The molecule has 0 spiro atoms. The third kappa shape index (κ3) is 1.93. The van der Waals surface area contributed by atoms with Crippen molar-refractivity contribution in [3.8, 4) is 22.9 Å². The van der Waals surface area contributed by atoms with E-state index in [-0.39, 0.29) is 0 Å². The Kier molecular flexibility index (Phi) is 2.58. The van der Waals surface area contributed by atoms with Gasteiger partial charge in [-0.3, -0.25) is 0 Å². The normalized spacial score (nSPS) is 10.0. The van der Waals surface area contributed by atoms with Gasteiger partial charge in [0.1, 0.15) is 23.5 Å². The summed E-state index contributed by atoms with van der Waals surface area (Å²) in [6.45, 7) is 0. The first kappa shape index (κ1) is 9.58. The second kappa shape index (κ2) is 4.04. The number of hydrogen-bond acceptors (Lipinski definition) is 3. The zero-order valence-corrected chi connectivity index (χ0v) is 8.57. The van der Waals surface area contributed by atoms with Crippen LogP contribution >= 0.6 is 0 Å². The van der Waals surface area contributed by atoms with Crippen molar-refractivity contribution in [2.45, 2.75) is 0 Å². The van der Waals surface area contributed by atoms with Crippen LogP contribution in [0.2, 0.25) is 0 Å². The van der Waals surface area contributed by atoms with Crippen LogP contribution in [0.3, 0.4) is 0 Å². The lowest BCUT2D eigenvalue weighted by molar-refractivity contribution is 0.394. The average Bonchev–Trinajstić information content (AvgIpc) is 2.81. The number of hydrogen-bond donors (Lipinski definition) is 1. The molecule has 1 heterocycles. The summed E-state index contributed by atoms with van der Waals surface area (Å²) in [5, 5.41) is 0. The second-order valence-corrected chi connectivity index (χ2v) is 2.98. The van der Waals surface area contributed by atoms with Gasteiger partial charge in [-0.1, -0.05) is 0 Å². The highest BCUT2D eigenvalue weighted by molar-refractivity contribution is 5.60. The Hall–Kier alpha value is -1.97. The molecule has 4 nitrogen and oxygen atoms in total. The lowest BCUT2D eigenvalue weighted by Gasteiger charge is -2.06. The fourth-order valence-electron chi connectivity index (χ4n) is 1.32. The van der Waals surface area contributed by atoms with Crippen molar-refractivity contribution in [3.05, 3.63) is 30.6 Å². The molecule has 77 valence electrons. The molecule has 0 unspecified atom stereocenters. The smallest absolute Gasteiger partial charge is 0.138 e. The van der Waals surface area contributed by atoms with Gasteiger partial charge >= 0.3 is 0 Å². The van der Waals surface area contributed by atoms with E-state index in [1.165, 1.54) is 0 Å². The topological polar surface area (TPSA) is 47.1 Å². The van der Waals surface area contributed by atoms with Crippen LogP contribution in [-0.4, -0.2) is 24.2 Å². The summed E-state index contributed by atoms with van der Waals surface area (Å²) < 4.78 is 10.3. The Morgan fingerprint density at radius 3 is 2.27 bits per heavy atom. The van der Waals surface area contributed by atoms with Gasteiger partial charge in [-0.15, -0.1) is 0 Å². The molecule has 15 heavy (non-hydrogen) atoms. The molecule has 0 aliphatic carbocycles. The largest absolute Gasteiger partial charge is 0.497 e. The molecule has 1 radical (unpaired) electrons. The Morgan fingerprint density at radius 1 is 1.13 bits per heavy atom. The van der Waals surface area contributed by atoms with E-state index in [1.54, 1.807) is 20.4 Å². The van der Waals surface area contributed by atoms with E-state index in [0.717, 1.165) is 22.9 Å². The highest BCUT2D eigenvalue weighted by atomic mass is 16.5. The molecule has 0 saturated carbocycles. The fourth-order valence-corrected chi connectivity index (χ4v) is 1.32. The quantitative estimate of drug-likeness (QED) is 0.828. The third-order valence-corrected chi connectivity index (χ3v) is 2.07. The van der Waals surface area contributed by atoms with Gasteiger partial charge in [-0.05, 0) is 12.1 Å². The van der Waals surface area contributed by atoms with Crippen LogP contribution in [0.5, 0.6) is 11.5 Å². The van der Waals surface area contributed by atoms with E-state index in [0.29, 0.717) is 0 Å². The van der Waals surface area contributed by atoms with Crippen LogP contribution in [0.15, 0.2) is 24.4 Å². The van der Waals surface area contributed by atoms with Gasteiger partial charge in [0.05, 0.1) is 14.2 Å². The lowest BCUT2D eigenvalue weighted by Crippen LogP contribution is -1.89. The van der Waals surface area contributed by atoms with Crippen LogP contribution < -0.4 is 9.47 Å². The predicted octanol–water partition coefficient (Wildman–Crippen LogP) is 1.89. The molecule has 0 saturated heterocycles. The van der Waals surface area contributed by atoms with Gasteiger partial charge in [0.2, 0.25) is 0 Å². The van der Waals surface area contributed by atoms with Gasteiger partial charge in [0.15, 0.2) is 0 Å². The first-order chi connectivity index (χ1) is 7.33. The standard InChI is InChI=1S/C11H11N2O2/c1-14-9-5-8(6-10(7-9)15-2)11-12-3-4-13-11/h3,5-7H,1-2H3,(H,12,13). The molecule has 0 fully saturated rings. The van der Waals surface area contributed by atoms with Gasteiger partial charge in [0, 0.05) is 17.8 Å². The number of benzene rings is 1. The summed E-state index contributed by atoms with van der Waals surface area (Å²) in [4.78, 5) is 7.02. The highest BCUT2D eigenvalue weighted by Gasteiger charge is 2.05. The number of ether oxygens (including phenoxy) is 2.